The second kappa shape index (κ2) is 6.19. The van der Waals surface area contributed by atoms with Gasteiger partial charge >= 0.3 is 5.97 Å². The van der Waals surface area contributed by atoms with E-state index < -0.39 is 0 Å². The van der Waals surface area contributed by atoms with Gasteiger partial charge in [-0.15, -0.1) is 11.8 Å². The second-order valence-electron chi connectivity index (χ2n) is 5.43. The molecule has 2 unspecified atom stereocenters. The highest BCUT2D eigenvalue weighted by Gasteiger charge is 2.36. The van der Waals surface area contributed by atoms with Crippen molar-refractivity contribution in [2.45, 2.75) is 42.4 Å². The average Bonchev–Trinajstić information content (AvgIpc) is 3.13. The van der Waals surface area contributed by atoms with Gasteiger partial charge < -0.3 is 10.1 Å². The first-order chi connectivity index (χ1) is 9.79. The Morgan fingerprint density at radius 2 is 2.15 bits per heavy atom. The summed E-state index contributed by atoms with van der Waals surface area (Å²) in [5, 5.41) is 4.26. The number of carbonyl (C=O) groups excluding carboxylic acids is 1. The van der Waals surface area contributed by atoms with E-state index in [0.29, 0.717) is 6.61 Å². The van der Waals surface area contributed by atoms with Crippen LogP contribution in [0.1, 0.15) is 37.8 Å². The van der Waals surface area contributed by atoms with Crippen molar-refractivity contribution in [1.29, 1.82) is 0 Å². The molecule has 1 aromatic carbocycles. The molecule has 20 heavy (non-hydrogen) atoms. The standard InChI is InChI=1S/C16H21NO2S/c1-2-19-16(18)13-9-10-17-15(13)12-5-3-4-6-14(12)20-11-7-8-11/h3-6,11,13,15,17H,2,7-10H2,1H3. The maximum atomic E-state index is 12.1. The number of benzene rings is 1. The van der Waals surface area contributed by atoms with E-state index in [1.807, 2.05) is 18.7 Å². The highest BCUT2D eigenvalue weighted by Crippen LogP contribution is 2.43. The fourth-order valence-corrected chi connectivity index (χ4v) is 3.96. The number of carbonyl (C=O) groups is 1. The van der Waals surface area contributed by atoms with E-state index in [4.69, 9.17) is 4.74 Å². The number of rotatable bonds is 5. The summed E-state index contributed by atoms with van der Waals surface area (Å²) in [5.74, 6) is -0.107. The molecule has 0 amide bonds. The zero-order valence-corrected chi connectivity index (χ0v) is 12.6. The summed E-state index contributed by atoms with van der Waals surface area (Å²) in [4.78, 5) is 13.4. The Bertz CT molecular complexity index is 487. The lowest BCUT2D eigenvalue weighted by Gasteiger charge is -2.21. The van der Waals surface area contributed by atoms with E-state index in [1.54, 1.807) is 0 Å². The summed E-state index contributed by atoms with van der Waals surface area (Å²) in [6.45, 7) is 3.21. The first kappa shape index (κ1) is 14.0. The van der Waals surface area contributed by atoms with E-state index in [1.165, 1.54) is 23.3 Å². The lowest BCUT2D eigenvalue weighted by molar-refractivity contribution is -0.148. The first-order valence-electron chi connectivity index (χ1n) is 7.45. The summed E-state index contributed by atoms with van der Waals surface area (Å²) < 4.78 is 5.23. The van der Waals surface area contributed by atoms with Gasteiger partial charge in [0.25, 0.3) is 0 Å². The van der Waals surface area contributed by atoms with Crippen LogP contribution in [0.4, 0.5) is 0 Å². The molecule has 2 fully saturated rings. The van der Waals surface area contributed by atoms with E-state index in [0.717, 1.165) is 18.2 Å². The predicted molar refractivity (Wildman–Crippen MR) is 80.8 cm³/mol. The van der Waals surface area contributed by atoms with Crippen LogP contribution in [0.25, 0.3) is 0 Å². The SMILES string of the molecule is CCOC(=O)C1CCNC1c1ccccc1SC1CC1. The molecule has 1 saturated carbocycles. The van der Waals surface area contributed by atoms with Gasteiger partial charge in [-0.2, -0.15) is 0 Å². The van der Waals surface area contributed by atoms with E-state index >= 15 is 0 Å². The van der Waals surface area contributed by atoms with Crippen molar-refractivity contribution >= 4 is 17.7 Å². The van der Waals surface area contributed by atoms with Gasteiger partial charge in [0, 0.05) is 16.2 Å². The molecule has 1 aliphatic carbocycles. The minimum absolute atomic E-state index is 0.0455. The molecule has 0 aromatic heterocycles. The molecule has 4 heteroatoms. The number of esters is 1. The third-order valence-corrected chi connectivity index (χ3v) is 5.31. The highest BCUT2D eigenvalue weighted by molar-refractivity contribution is 8.00. The van der Waals surface area contributed by atoms with Gasteiger partial charge in [-0.25, -0.2) is 0 Å². The van der Waals surface area contributed by atoms with E-state index in [2.05, 4.69) is 29.6 Å². The van der Waals surface area contributed by atoms with Crippen LogP contribution < -0.4 is 5.32 Å². The minimum Gasteiger partial charge on any atom is -0.466 e. The van der Waals surface area contributed by atoms with Gasteiger partial charge in [0.15, 0.2) is 0 Å². The van der Waals surface area contributed by atoms with Crippen molar-refractivity contribution in [3.8, 4) is 0 Å². The monoisotopic (exact) mass is 291 g/mol. The fourth-order valence-electron chi connectivity index (χ4n) is 2.74. The number of hydrogen-bond donors (Lipinski definition) is 1. The van der Waals surface area contributed by atoms with Crippen LogP contribution in [0.3, 0.4) is 0 Å². The van der Waals surface area contributed by atoms with Crippen LogP contribution in [0.5, 0.6) is 0 Å². The van der Waals surface area contributed by atoms with Crippen molar-refractivity contribution in [3.05, 3.63) is 29.8 Å². The molecule has 2 aliphatic rings. The van der Waals surface area contributed by atoms with Crippen LogP contribution in [0.2, 0.25) is 0 Å². The largest absolute Gasteiger partial charge is 0.466 e. The Hall–Kier alpha value is -1.00. The predicted octanol–water partition coefficient (Wildman–Crippen LogP) is 3.15. The third-order valence-electron chi connectivity index (χ3n) is 3.88. The number of ether oxygens (including phenoxy) is 1. The lowest BCUT2D eigenvalue weighted by Crippen LogP contribution is -2.25. The van der Waals surface area contributed by atoms with Crippen LogP contribution in [0.15, 0.2) is 29.2 Å². The molecule has 1 heterocycles. The fraction of sp³-hybridized carbons (Fsp3) is 0.562. The number of thioether (sulfide) groups is 1. The van der Waals surface area contributed by atoms with Gasteiger partial charge in [0.2, 0.25) is 0 Å². The Morgan fingerprint density at radius 3 is 2.90 bits per heavy atom. The van der Waals surface area contributed by atoms with Crippen LogP contribution in [-0.2, 0) is 9.53 Å². The number of nitrogens with one attached hydrogen (secondary N) is 1. The maximum absolute atomic E-state index is 12.1. The van der Waals surface area contributed by atoms with E-state index in [9.17, 15) is 4.79 Å². The molecule has 0 radical (unpaired) electrons. The minimum atomic E-state index is -0.0614. The molecular formula is C16H21NO2S. The van der Waals surface area contributed by atoms with Gasteiger partial charge in [0.05, 0.1) is 12.5 Å². The Morgan fingerprint density at radius 1 is 1.35 bits per heavy atom. The molecule has 1 saturated heterocycles. The quantitative estimate of drug-likeness (QED) is 0.846. The Balaban J connectivity index is 1.81. The molecular weight excluding hydrogens is 270 g/mol. The van der Waals surface area contributed by atoms with Gasteiger partial charge in [-0.1, -0.05) is 18.2 Å². The Kier molecular flexibility index (Phi) is 4.32. The van der Waals surface area contributed by atoms with Crippen molar-refractivity contribution in [2.24, 2.45) is 5.92 Å². The second-order valence-corrected chi connectivity index (χ2v) is 6.78. The molecule has 0 bridgehead atoms. The van der Waals surface area contributed by atoms with Gasteiger partial charge in [-0.05, 0) is 44.4 Å². The summed E-state index contributed by atoms with van der Waals surface area (Å²) in [6.07, 6.45) is 3.50. The summed E-state index contributed by atoms with van der Waals surface area (Å²) in [5.41, 5.74) is 1.26. The molecule has 3 rings (SSSR count). The summed E-state index contributed by atoms with van der Waals surface area (Å²) >= 11 is 1.96. The summed E-state index contributed by atoms with van der Waals surface area (Å²) in [6, 6.07) is 8.59. The zero-order chi connectivity index (χ0) is 13.9. The van der Waals surface area contributed by atoms with E-state index in [-0.39, 0.29) is 17.9 Å². The van der Waals surface area contributed by atoms with Crippen molar-refractivity contribution in [3.63, 3.8) is 0 Å². The lowest BCUT2D eigenvalue weighted by atomic mass is 9.94. The van der Waals surface area contributed by atoms with Crippen molar-refractivity contribution < 1.29 is 9.53 Å². The molecule has 2 atom stereocenters. The molecule has 108 valence electrons. The average molecular weight is 291 g/mol. The zero-order valence-electron chi connectivity index (χ0n) is 11.8. The Labute approximate surface area is 124 Å². The van der Waals surface area contributed by atoms with Crippen LogP contribution in [0, 0.1) is 5.92 Å². The maximum Gasteiger partial charge on any atom is 0.310 e. The van der Waals surface area contributed by atoms with Crippen LogP contribution >= 0.6 is 11.8 Å². The highest BCUT2D eigenvalue weighted by atomic mass is 32.2. The van der Waals surface area contributed by atoms with Crippen molar-refractivity contribution in [2.75, 3.05) is 13.2 Å². The van der Waals surface area contributed by atoms with Gasteiger partial charge in [0.1, 0.15) is 0 Å². The molecule has 3 nitrogen and oxygen atoms in total. The molecule has 1 aromatic rings. The topological polar surface area (TPSA) is 38.3 Å². The first-order valence-corrected chi connectivity index (χ1v) is 8.33. The smallest absolute Gasteiger partial charge is 0.310 e. The van der Waals surface area contributed by atoms with Crippen molar-refractivity contribution in [1.82, 2.24) is 5.32 Å². The number of hydrogen-bond acceptors (Lipinski definition) is 4. The molecule has 1 N–H and O–H groups in total. The normalized spacial score (nSPS) is 25.6. The molecule has 0 spiro atoms. The summed E-state index contributed by atoms with van der Waals surface area (Å²) in [7, 11) is 0. The third kappa shape index (κ3) is 3.01. The molecule has 1 aliphatic heterocycles. The van der Waals surface area contributed by atoms with Crippen LogP contribution in [-0.4, -0.2) is 24.4 Å². The van der Waals surface area contributed by atoms with Gasteiger partial charge in [-0.3, -0.25) is 4.79 Å².